The quantitative estimate of drug-likeness (QED) is 0.668. The summed E-state index contributed by atoms with van der Waals surface area (Å²) in [6.07, 6.45) is 0. The van der Waals surface area contributed by atoms with Crippen LogP contribution in [0.3, 0.4) is 0 Å². The summed E-state index contributed by atoms with van der Waals surface area (Å²) in [6.45, 7) is 1.42. The fourth-order valence-electron chi connectivity index (χ4n) is 0.950. The van der Waals surface area contributed by atoms with E-state index in [0.717, 1.165) is 16.8 Å². The van der Waals surface area contributed by atoms with E-state index in [0.29, 0.717) is 0 Å². The van der Waals surface area contributed by atoms with Crippen LogP contribution in [0, 0.1) is 5.92 Å². The van der Waals surface area contributed by atoms with Crippen molar-refractivity contribution < 1.29 is 9.90 Å². The zero-order chi connectivity index (χ0) is 10.7. The first kappa shape index (κ1) is 10.2. The molecule has 0 spiro atoms. The number of carboxylic acids is 1. The predicted molar refractivity (Wildman–Crippen MR) is 48.1 cm³/mol. The van der Waals surface area contributed by atoms with Crippen molar-refractivity contribution in [2.75, 3.05) is 0 Å². The third kappa shape index (κ3) is 2.32. The first-order valence-electron chi connectivity index (χ1n) is 4.03. The van der Waals surface area contributed by atoms with Gasteiger partial charge in [0.1, 0.15) is 0 Å². The topological polar surface area (TPSA) is 92.2 Å². The van der Waals surface area contributed by atoms with E-state index in [4.69, 9.17) is 5.11 Å². The van der Waals surface area contributed by atoms with Crippen LogP contribution in [0.2, 0.25) is 0 Å². The van der Waals surface area contributed by atoms with Gasteiger partial charge in [0.05, 0.1) is 12.5 Å². The van der Waals surface area contributed by atoms with E-state index in [-0.39, 0.29) is 6.54 Å². The van der Waals surface area contributed by atoms with Crippen molar-refractivity contribution in [3.8, 4) is 0 Å². The molecule has 1 aromatic rings. The normalized spacial score (nSPS) is 12.4. The Kier molecular flexibility index (Phi) is 2.85. The van der Waals surface area contributed by atoms with Crippen LogP contribution in [0.1, 0.15) is 6.92 Å². The first-order valence-corrected chi connectivity index (χ1v) is 4.03. The molecule has 14 heavy (non-hydrogen) atoms. The Morgan fingerprint density at radius 2 is 2.21 bits per heavy atom. The molecule has 0 aliphatic heterocycles. The summed E-state index contributed by atoms with van der Waals surface area (Å²) in [5.74, 6) is -1.73. The summed E-state index contributed by atoms with van der Waals surface area (Å²) >= 11 is 0. The Balaban J connectivity index is 2.97. The fourth-order valence-corrected chi connectivity index (χ4v) is 0.950. The highest BCUT2D eigenvalue weighted by atomic mass is 16.4. The summed E-state index contributed by atoms with van der Waals surface area (Å²) in [5.41, 5.74) is -0.847. The van der Waals surface area contributed by atoms with Crippen LogP contribution in [-0.4, -0.2) is 20.9 Å². The minimum Gasteiger partial charge on any atom is -0.481 e. The van der Waals surface area contributed by atoms with E-state index in [2.05, 4.69) is 5.10 Å². The maximum Gasteiger partial charge on any atom is 0.308 e. The van der Waals surface area contributed by atoms with Crippen molar-refractivity contribution in [3.05, 3.63) is 32.8 Å². The van der Waals surface area contributed by atoms with Gasteiger partial charge in [0.15, 0.2) is 0 Å². The number of rotatable bonds is 3. The Hall–Kier alpha value is -1.85. The van der Waals surface area contributed by atoms with Crippen LogP contribution >= 0.6 is 0 Å². The second-order valence-corrected chi connectivity index (χ2v) is 3.00. The van der Waals surface area contributed by atoms with E-state index in [1.807, 2.05) is 0 Å². The lowest BCUT2D eigenvalue weighted by atomic mass is 10.2. The molecule has 2 N–H and O–H groups in total. The van der Waals surface area contributed by atoms with Gasteiger partial charge in [0.2, 0.25) is 0 Å². The second-order valence-electron chi connectivity index (χ2n) is 3.00. The molecule has 1 aromatic heterocycles. The van der Waals surface area contributed by atoms with Crippen molar-refractivity contribution >= 4 is 5.97 Å². The van der Waals surface area contributed by atoms with Crippen molar-refractivity contribution in [2.24, 2.45) is 5.92 Å². The predicted octanol–water partition coefficient (Wildman–Crippen LogP) is -0.743. The molecular formula is C8H10N2O4. The molecule has 76 valence electrons. The molecule has 1 heterocycles. The first-order chi connectivity index (χ1) is 6.50. The highest BCUT2D eigenvalue weighted by Crippen LogP contribution is 1.95. The summed E-state index contributed by atoms with van der Waals surface area (Å²) in [4.78, 5) is 32.5. The van der Waals surface area contributed by atoms with Gasteiger partial charge in [0, 0.05) is 12.1 Å². The maximum atomic E-state index is 11.1. The number of aromatic nitrogens is 2. The summed E-state index contributed by atoms with van der Waals surface area (Å²) in [5, 5.41) is 10.8. The number of nitrogens with one attached hydrogen (secondary N) is 1. The molecule has 0 aliphatic rings. The number of aromatic amines is 1. The van der Waals surface area contributed by atoms with Gasteiger partial charge < -0.3 is 5.11 Å². The van der Waals surface area contributed by atoms with Crippen LogP contribution in [0.5, 0.6) is 0 Å². The standard InChI is InChI=1S/C8H10N2O4/c1-5(8(13)14)4-10-7(12)3-2-6(11)9-10/h2-3,5H,4H2,1H3,(H,9,11)(H,13,14). The molecule has 0 bridgehead atoms. The number of hydrogen-bond donors (Lipinski definition) is 2. The molecule has 0 saturated carbocycles. The fraction of sp³-hybridized carbons (Fsp3) is 0.375. The molecule has 6 heteroatoms. The largest absolute Gasteiger partial charge is 0.481 e. The highest BCUT2D eigenvalue weighted by Gasteiger charge is 2.12. The van der Waals surface area contributed by atoms with E-state index < -0.39 is 23.0 Å². The van der Waals surface area contributed by atoms with Crippen molar-refractivity contribution in [2.45, 2.75) is 13.5 Å². The van der Waals surface area contributed by atoms with Gasteiger partial charge in [-0.3, -0.25) is 19.5 Å². The van der Waals surface area contributed by atoms with Gasteiger partial charge in [-0.05, 0) is 0 Å². The molecule has 0 radical (unpaired) electrons. The molecule has 0 saturated heterocycles. The van der Waals surface area contributed by atoms with Crippen LogP contribution in [-0.2, 0) is 11.3 Å². The SMILES string of the molecule is CC(Cn1[nH]c(=O)ccc1=O)C(=O)O. The molecule has 0 aromatic carbocycles. The monoisotopic (exact) mass is 198 g/mol. The number of H-pyrrole nitrogens is 1. The van der Waals surface area contributed by atoms with Gasteiger partial charge in [-0.2, -0.15) is 0 Å². The summed E-state index contributed by atoms with van der Waals surface area (Å²) in [6, 6.07) is 2.21. The molecule has 0 fully saturated rings. The highest BCUT2D eigenvalue weighted by molar-refractivity contribution is 5.69. The van der Waals surface area contributed by atoms with Crippen molar-refractivity contribution in [1.29, 1.82) is 0 Å². The Morgan fingerprint density at radius 3 is 2.79 bits per heavy atom. The van der Waals surface area contributed by atoms with E-state index in [1.54, 1.807) is 0 Å². The third-order valence-corrected chi connectivity index (χ3v) is 1.77. The van der Waals surface area contributed by atoms with Gasteiger partial charge >= 0.3 is 5.97 Å². The summed E-state index contributed by atoms with van der Waals surface area (Å²) < 4.78 is 0.987. The van der Waals surface area contributed by atoms with E-state index in [1.165, 1.54) is 6.92 Å². The molecule has 0 amide bonds. The maximum absolute atomic E-state index is 11.1. The molecular weight excluding hydrogens is 188 g/mol. The molecule has 1 rings (SSSR count). The minimum atomic E-state index is -1.01. The lowest BCUT2D eigenvalue weighted by molar-refractivity contribution is -0.141. The number of nitrogens with zero attached hydrogens (tertiary/aromatic N) is 1. The average molecular weight is 198 g/mol. The van der Waals surface area contributed by atoms with Crippen molar-refractivity contribution in [3.63, 3.8) is 0 Å². The van der Waals surface area contributed by atoms with E-state index >= 15 is 0 Å². The Bertz CT molecular complexity index is 445. The second kappa shape index (κ2) is 3.91. The van der Waals surface area contributed by atoms with Gasteiger partial charge in [-0.1, -0.05) is 6.92 Å². The van der Waals surface area contributed by atoms with Crippen molar-refractivity contribution in [1.82, 2.24) is 9.78 Å². The van der Waals surface area contributed by atoms with Gasteiger partial charge in [-0.25, -0.2) is 4.68 Å². The Labute approximate surface area is 78.8 Å². The number of aliphatic carboxylic acids is 1. The number of carbonyl (C=O) groups is 1. The molecule has 0 aliphatic carbocycles. The van der Waals surface area contributed by atoms with Crippen LogP contribution in [0.15, 0.2) is 21.7 Å². The van der Waals surface area contributed by atoms with Crippen LogP contribution < -0.4 is 11.1 Å². The van der Waals surface area contributed by atoms with Crippen LogP contribution in [0.25, 0.3) is 0 Å². The van der Waals surface area contributed by atoms with Gasteiger partial charge in [-0.15, -0.1) is 0 Å². The lowest BCUT2D eigenvalue weighted by Gasteiger charge is -2.07. The molecule has 1 atom stereocenters. The van der Waals surface area contributed by atoms with Crippen LogP contribution in [0.4, 0.5) is 0 Å². The average Bonchev–Trinajstić information content (AvgIpc) is 2.11. The number of hydrogen-bond acceptors (Lipinski definition) is 3. The van der Waals surface area contributed by atoms with Gasteiger partial charge in [0.25, 0.3) is 11.1 Å². The lowest BCUT2D eigenvalue weighted by Crippen LogP contribution is -2.31. The zero-order valence-electron chi connectivity index (χ0n) is 7.56. The Morgan fingerprint density at radius 1 is 1.57 bits per heavy atom. The molecule has 1 unspecified atom stereocenters. The summed E-state index contributed by atoms with van der Waals surface area (Å²) in [7, 11) is 0. The number of carboxylic acid groups (broad SMARTS) is 1. The molecule has 6 nitrogen and oxygen atoms in total. The smallest absolute Gasteiger partial charge is 0.308 e. The minimum absolute atomic E-state index is 0.0375. The zero-order valence-corrected chi connectivity index (χ0v) is 7.56. The van der Waals surface area contributed by atoms with E-state index in [9.17, 15) is 14.4 Å². The third-order valence-electron chi connectivity index (χ3n) is 1.77.